The fourth-order valence-corrected chi connectivity index (χ4v) is 3.65. The van der Waals surface area contributed by atoms with E-state index in [1.165, 1.54) is 6.07 Å². The van der Waals surface area contributed by atoms with Crippen molar-refractivity contribution in [2.24, 2.45) is 0 Å². The maximum Gasteiger partial charge on any atom is 0.259 e. The van der Waals surface area contributed by atoms with Crippen LogP contribution in [0.2, 0.25) is 0 Å². The molecule has 1 aliphatic rings. The van der Waals surface area contributed by atoms with Gasteiger partial charge < -0.3 is 14.2 Å². The van der Waals surface area contributed by atoms with E-state index in [1.807, 2.05) is 30.3 Å². The lowest BCUT2D eigenvalue weighted by atomic mass is 10.0. The third-order valence-corrected chi connectivity index (χ3v) is 5.17. The molecule has 0 N–H and O–H groups in total. The Hall–Kier alpha value is -3.58. The van der Waals surface area contributed by atoms with E-state index in [0.717, 1.165) is 5.56 Å². The summed E-state index contributed by atoms with van der Waals surface area (Å²) in [6.07, 6.45) is 0. The minimum Gasteiger partial charge on any atom is -0.378 e. The van der Waals surface area contributed by atoms with Gasteiger partial charge in [0.15, 0.2) is 0 Å². The highest BCUT2D eigenvalue weighted by molar-refractivity contribution is 6.10. The van der Waals surface area contributed by atoms with E-state index in [2.05, 4.69) is 10.1 Å². The molecule has 0 saturated carbocycles. The highest BCUT2D eigenvalue weighted by Gasteiger charge is 2.27. The molecule has 7 heteroatoms. The maximum absolute atomic E-state index is 14.5. The Morgan fingerprint density at radius 3 is 2.50 bits per heavy atom. The first-order chi connectivity index (χ1) is 14.7. The third-order valence-electron chi connectivity index (χ3n) is 5.17. The van der Waals surface area contributed by atoms with Crippen LogP contribution in [0.4, 0.5) is 4.39 Å². The molecule has 4 aromatic rings. The number of morpholine rings is 1. The van der Waals surface area contributed by atoms with Gasteiger partial charge in [-0.25, -0.2) is 9.37 Å². The summed E-state index contributed by atoms with van der Waals surface area (Å²) in [7, 11) is 0. The van der Waals surface area contributed by atoms with E-state index in [1.54, 1.807) is 29.2 Å². The lowest BCUT2D eigenvalue weighted by Gasteiger charge is -2.27. The number of ether oxygens (including phenoxy) is 1. The van der Waals surface area contributed by atoms with Gasteiger partial charge in [0.25, 0.3) is 11.6 Å². The van der Waals surface area contributed by atoms with Crippen molar-refractivity contribution >= 4 is 17.0 Å². The molecule has 1 amide bonds. The number of hydrogen-bond acceptors (Lipinski definition) is 5. The Kier molecular flexibility index (Phi) is 4.72. The van der Waals surface area contributed by atoms with Crippen LogP contribution in [0, 0.1) is 5.82 Å². The molecule has 0 atom stereocenters. The molecule has 2 aromatic heterocycles. The number of nitrogens with zero attached hydrogens (tertiary/aromatic N) is 3. The summed E-state index contributed by atoms with van der Waals surface area (Å²) in [5, 5.41) is 4.49. The molecular weight excluding hydrogens is 385 g/mol. The van der Waals surface area contributed by atoms with Crippen LogP contribution >= 0.6 is 0 Å². The van der Waals surface area contributed by atoms with Crippen LogP contribution in [0.5, 0.6) is 0 Å². The molecular formula is C23H18FN3O3. The fraction of sp³-hybridized carbons (Fsp3) is 0.174. The number of amides is 1. The molecule has 0 spiro atoms. The van der Waals surface area contributed by atoms with Crippen molar-refractivity contribution in [2.75, 3.05) is 26.3 Å². The summed E-state index contributed by atoms with van der Waals surface area (Å²) in [6, 6.07) is 17.5. The number of aromatic nitrogens is 2. The van der Waals surface area contributed by atoms with Gasteiger partial charge in [0.2, 0.25) is 0 Å². The van der Waals surface area contributed by atoms with E-state index in [0.29, 0.717) is 42.9 Å². The second-order valence-corrected chi connectivity index (χ2v) is 7.02. The van der Waals surface area contributed by atoms with Crippen molar-refractivity contribution < 1.29 is 18.4 Å². The molecule has 30 heavy (non-hydrogen) atoms. The molecule has 0 bridgehead atoms. The molecule has 0 unspecified atom stereocenters. The van der Waals surface area contributed by atoms with E-state index in [-0.39, 0.29) is 22.9 Å². The molecule has 0 radical (unpaired) electrons. The highest BCUT2D eigenvalue weighted by atomic mass is 19.1. The van der Waals surface area contributed by atoms with Crippen LogP contribution in [-0.4, -0.2) is 47.3 Å². The predicted molar refractivity (Wildman–Crippen MR) is 109 cm³/mol. The van der Waals surface area contributed by atoms with Gasteiger partial charge in [0, 0.05) is 24.2 Å². The molecule has 1 saturated heterocycles. The van der Waals surface area contributed by atoms with Crippen molar-refractivity contribution in [3.05, 3.63) is 72.0 Å². The second kappa shape index (κ2) is 7.68. The Morgan fingerprint density at radius 2 is 1.73 bits per heavy atom. The number of carbonyl (C=O) groups is 1. The number of benzene rings is 2. The first-order valence-corrected chi connectivity index (χ1v) is 9.70. The first kappa shape index (κ1) is 18.4. The molecule has 3 heterocycles. The van der Waals surface area contributed by atoms with Gasteiger partial charge >= 0.3 is 0 Å². The second-order valence-electron chi connectivity index (χ2n) is 7.02. The summed E-state index contributed by atoms with van der Waals surface area (Å²) < 4.78 is 25.3. The van der Waals surface area contributed by atoms with Gasteiger partial charge in [-0.1, -0.05) is 47.6 Å². The monoisotopic (exact) mass is 403 g/mol. The van der Waals surface area contributed by atoms with Gasteiger partial charge in [-0.2, -0.15) is 0 Å². The van der Waals surface area contributed by atoms with E-state index < -0.39 is 5.82 Å². The van der Waals surface area contributed by atoms with Crippen LogP contribution in [0.25, 0.3) is 33.6 Å². The third kappa shape index (κ3) is 3.23. The van der Waals surface area contributed by atoms with Gasteiger partial charge in [-0.05, 0) is 18.2 Å². The standard InChI is InChI=1S/C23H18FN3O3/c24-18-9-5-4-8-16(18)21-20-17(23(28)27-10-12-29-13-11-27)14-19(25-22(20)30-26-21)15-6-2-1-3-7-15/h1-9,14H,10-13H2. The Balaban J connectivity index is 1.73. The average molecular weight is 403 g/mol. The summed E-state index contributed by atoms with van der Waals surface area (Å²) in [4.78, 5) is 19.7. The molecule has 0 aliphatic carbocycles. The van der Waals surface area contributed by atoms with Crippen molar-refractivity contribution in [3.63, 3.8) is 0 Å². The molecule has 1 fully saturated rings. The Morgan fingerprint density at radius 1 is 1.00 bits per heavy atom. The number of rotatable bonds is 3. The summed E-state index contributed by atoms with van der Waals surface area (Å²) in [5.41, 5.74) is 2.56. The number of fused-ring (bicyclic) bond motifs is 1. The minimum atomic E-state index is -0.440. The Bertz CT molecular complexity index is 1220. The highest BCUT2D eigenvalue weighted by Crippen LogP contribution is 2.34. The average Bonchev–Trinajstić information content (AvgIpc) is 3.23. The van der Waals surface area contributed by atoms with Crippen molar-refractivity contribution in [1.82, 2.24) is 15.0 Å². The molecule has 5 rings (SSSR count). The minimum absolute atomic E-state index is 0.177. The summed E-state index contributed by atoms with van der Waals surface area (Å²) >= 11 is 0. The largest absolute Gasteiger partial charge is 0.378 e. The number of halogens is 1. The van der Waals surface area contributed by atoms with Crippen LogP contribution in [-0.2, 0) is 4.74 Å². The van der Waals surface area contributed by atoms with Gasteiger partial charge in [-0.15, -0.1) is 0 Å². The molecule has 2 aromatic carbocycles. The zero-order chi connectivity index (χ0) is 20.5. The molecule has 1 aliphatic heterocycles. The quantitative estimate of drug-likeness (QED) is 0.514. The van der Waals surface area contributed by atoms with Crippen LogP contribution in [0.15, 0.2) is 65.2 Å². The van der Waals surface area contributed by atoms with Crippen molar-refractivity contribution in [3.8, 4) is 22.5 Å². The summed E-state index contributed by atoms with van der Waals surface area (Å²) in [5.74, 6) is -0.617. The van der Waals surface area contributed by atoms with Gasteiger partial charge in [-0.3, -0.25) is 4.79 Å². The lowest BCUT2D eigenvalue weighted by Crippen LogP contribution is -2.40. The van der Waals surface area contributed by atoms with E-state index >= 15 is 0 Å². The summed E-state index contributed by atoms with van der Waals surface area (Å²) in [6.45, 7) is 1.94. The van der Waals surface area contributed by atoms with Crippen molar-refractivity contribution in [2.45, 2.75) is 0 Å². The zero-order valence-corrected chi connectivity index (χ0v) is 16.0. The molecule has 6 nitrogen and oxygen atoms in total. The van der Waals surface area contributed by atoms with Crippen molar-refractivity contribution in [1.29, 1.82) is 0 Å². The first-order valence-electron chi connectivity index (χ1n) is 9.70. The topological polar surface area (TPSA) is 68.5 Å². The van der Waals surface area contributed by atoms with E-state index in [9.17, 15) is 9.18 Å². The van der Waals surface area contributed by atoms with Crippen LogP contribution in [0.1, 0.15) is 10.4 Å². The number of hydrogen-bond donors (Lipinski definition) is 0. The predicted octanol–water partition coefficient (Wildman–Crippen LogP) is 4.17. The lowest BCUT2D eigenvalue weighted by molar-refractivity contribution is 0.0304. The van der Waals surface area contributed by atoms with Gasteiger partial charge in [0.05, 0.1) is 29.9 Å². The normalized spacial score (nSPS) is 14.2. The zero-order valence-electron chi connectivity index (χ0n) is 16.0. The maximum atomic E-state index is 14.5. The number of carbonyl (C=O) groups excluding carboxylic acids is 1. The van der Waals surface area contributed by atoms with Crippen LogP contribution in [0.3, 0.4) is 0 Å². The van der Waals surface area contributed by atoms with E-state index in [4.69, 9.17) is 9.26 Å². The number of pyridine rings is 1. The fourth-order valence-electron chi connectivity index (χ4n) is 3.65. The van der Waals surface area contributed by atoms with Crippen LogP contribution < -0.4 is 0 Å². The van der Waals surface area contributed by atoms with Gasteiger partial charge in [0.1, 0.15) is 11.5 Å². The smallest absolute Gasteiger partial charge is 0.259 e. The SMILES string of the molecule is O=C(c1cc(-c2ccccc2)nc2onc(-c3ccccc3F)c12)N1CCOCC1. The Labute approximate surface area is 171 Å². The molecule has 150 valence electrons.